The van der Waals surface area contributed by atoms with Crippen LogP contribution < -0.4 is 9.62 Å². The van der Waals surface area contributed by atoms with Gasteiger partial charge in [-0.05, 0) is 51.1 Å². The molecule has 3 rings (SSSR count). The van der Waals surface area contributed by atoms with E-state index in [1.165, 1.54) is 42.2 Å². The number of rotatable bonds is 10. The average Bonchev–Trinajstić information content (AvgIpc) is 2.87. The Bertz CT molecular complexity index is 1300. The summed E-state index contributed by atoms with van der Waals surface area (Å²) >= 11 is 0. The molecule has 0 radical (unpaired) electrons. The van der Waals surface area contributed by atoms with Gasteiger partial charge in [-0.2, -0.15) is 0 Å². The molecule has 0 saturated carbocycles. The van der Waals surface area contributed by atoms with Crippen molar-refractivity contribution >= 4 is 27.5 Å². The Labute approximate surface area is 211 Å². The number of benzene rings is 3. The van der Waals surface area contributed by atoms with E-state index in [9.17, 15) is 22.4 Å². The number of hydrogen-bond donors (Lipinski definition) is 1. The van der Waals surface area contributed by atoms with Crippen molar-refractivity contribution in [2.24, 2.45) is 0 Å². The molecule has 0 heterocycles. The molecule has 36 heavy (non-hydrogen) atoms. The van der Waals surface area contributed by atoms with Gasteiger partial charge < -0.3 is 10.2 Å². The van der Waals surface area contributed by atoms with Crippen LogP contribution in [-0.2, 0) is 26.2 Å². The number of nitrogens with zero attached hydrogens (tertiary/aromatic N) is 2. The first-order valence-electron chi connectivity index (χ1n) is 11.6. The minimum atomic E-state index is -4.12. The van der Waals surface area contributed by atoms with Crippen molar-refractivity contribution in [1.29, 1.82) is 0 Å². The highest BCUT2D eigenvalue weighted by atomic mass is 32.2. The normalized spacial score (nSPS) is 12.0. The predicted molar refractivity (Wildman–Crippen MR) is 137 cm³/mol. The number of anilines is 1. The van der Waals surface area contributed by atoms with Gasteiger partial charge >= 0.3 is 0 Å². The SMILES string of the molecule is CCNC(=O)[C@@H](C)N(Cc1ccccc1F)C(=O)CN(c1ccc(C)cc1)S(=O)(=O)c1ccccc1. The van der Waals surface area contributed by atoms with E-state index < -0.39 is 40.2 Å². The molecule has 3 aromatic carbocycles. The quantitative estimate of drug-likeness (QED) is 0.448. The largest absolute Gasteiger partial charge is 0.355 e. The minimum Gasteiger partial charge on any atom is -0.355 e. The molecule has 0 spiro atoms. The summed E-state index contributed by atoms with van der Waals surface area (Å²) in [5.41, 5.74) is 1.44. The first-order chi connectivity index (χ1) is 17.1. The minimum absolute atomic E-state index is 0.0239. The molecule has 0 unspecified atom stereocenters. The molecule has 1 N–H and O–H groups in total. The average molecular weight is 512 g/mol. The van der Waals surface area contributed by atoms with E-state index in [0.29, 0.717) is 12.2 Å². The van der Waals surface area contributed by atoms with E-state index in [1.54, 1.807) is 55.5 Å². The molecular weight excluding hydrogens is 481 g/mol. The molecule has 0 fully saturated rings. The summed E-state index contributed by atoms with van der Waals surface area (Å²) in [4.78, 5) is 27.5. The van der Waals surface area contributed by atoms with Crippen LogP contribution in [0.5, 0.6) is 0 Å². The smallest absolute Gasteiger partial charge is 0.264 e. The van der Waals surface area contributed by atoms with Gasteiger partial charge in [0, 0.05) is 18.7 Å². The zero-order valence-electron chi connectivity index (χ0n) is 20.5. The van der Waals surface area contributed by atoms with Crippen molar-refractivity contribution in [3.63, 3.8) is 0 Å². The van der Waals surface area contributed by atoms with Crippen LogP contribution in [0.4, 0.5) is 10.1 Å². The van der Waals surface area contributed by atoms with E-state index in [-0.39, 0.29) is 17.0 Å². The number of sulfonamides is 1. The van der Waals surface area contributed by atoms with Gasteiger partial charge in [-0.25, -0.2) is 12.8 Å². The third-order valence-corrected chi connectivity index (χ3v) is 7.54. The first kappa shape index (κ1) is 26.9. The maximum Gasteiger partial charge on any atom is 0.264 e. The zero-order valence-corrected chi connectivity index (χ0v) is 21.3. The Hall–Kier alpha value is -3.72. The molecule has 3 aromatic rings. The summed E-state index contributed by atoms with van der Waals surface area (Å²) in [7, 11) is -4.12. The van der Waals surface area contributed by atoms with Gasteiger partial charge in [0.2, 0.25) is 11.8 Å². The summed E-state index contributed by atoms with van der Waals surface area (Å²) in [6.45, 7) is 4.73. The van der Waals surface area contributed by atoms with Gasteiger partial charge in [0.05, 0.1) is 10.6 Å². The highest BCUT2D eigenvalue weighted by Crippen LogP contribution is 2.25. The van der Waals surface area contributed by atoms with Crippen LogP contribution in [0, 0.1) is 12.7 Å². The van der Waals surface area contributed by atoms with Crippen molar-refractivity contribution in [2.45, 2.75) is 38.3 Å². The summed E-state index contributed by atoms with van der Waals surface area (Å²) < 4.78 is 42.7. The van der Waals surface area contributed by atoms with E-state index >= 15 is 0 Å². The van der Waals surface area contributed by atoms with Crippen LogP contribution in [0.2, 0.25) is 0 Å². The Balaban J connectivity index is 2.02. The van der Waals surface area contributed by atoms with Gasteiger partial charge in [-0.1, -0.05) is 54.1 Å². The zero-order chi connectivity index (χ0) is 26.3. The molecule has 0 saturated heterocycles. The van der Waals surface area contributed by atoms with E-state index in [2.05, 4.69) is 5.32 Å². The third-order valence-electron chi connectivity index (χ3n) is 5.75. The van der Waals surface area contributed by atoms with Crippen molar-refractivity contribution in [2.75, 3.05) is 17.4 Å². The first-order valence-corrected chi connectivity index (χ1v) is 13.0. The molecule has 0 aliphatic carbocycles. The Morgan fingerprint density at radius 1 is 0.944 bits per heavy atom. The fraction of sp³-hybridized carbons (Fsp3) is 0.259. The number of carbonyl (C=O) groups is 2. The lowest BCUT2D eigenvalue weighted by Crippen LogP contribution is -2.51. The summed E-state index contributed by atoms with van der Waals surface area (Å²) in [6, 6.07) is 19.6. The predicted octanol–water partition coefficient (Wildman–Crippen LogP) is 3.88. The van der Waals surface area contributed by atoms with Crippen molar-refractivity contribution in [3.05, 3.63) is 95.8 Å². The molecule has 0 aromatic heterocycles. The van der Waals surface area contributed by atoms with Crippen LogP contribution in [0.1, 0.15) is 25.0 Å². The van der Waals surface area contributed by atoms with E-state index in [0.717, 1.165) is 9.87 Å². The van der Waals surface area contributed by atoms with Gasteiger partial charge in [0.25, 0.3) is 10.0 Å². The molecule has 0 aliphatic rings. The lowest BCUT2D eigenvalue weighted by molar-refractivity contribution is -0.139. The topological polar surface area (TPSA) is 86.8 Å². The van der Waals surface area contributed by atoms with Gasteiger partial charge in [0.15, 0.2) is 0 Å². The highest BCUT2D eigenvalue weighted by Gasteiger charge is 2.32. The number of halogens is 1. The molecule has 2 amide bonds. The Morgan fingerprint density at radius 2 is 1.56 bits per heavy atom. The fourth-order valence-electron chi connectivity index (χ4n) is 3.67. The summed E-state index contributed by atoms with van der Waals surface area (Å²) in [6.07, 6.45) is 0. The molecule has 0 bridgehead atoms. The molecule has 7 nitrogen and oxygen atoms in total. The van der Waals surface area contributed by atoms with E-state index in [1.807, 2.05) is 6.92 Å². The van der Waals surface area contributed by atoms with Crippen LogP contribution in [0.3, 0.4) is 0 Å². The molecule has 0 aliphatic heterocycles. The maximum absolute atomic E-state index is 14.5. The van der Waals surface area contributed by atoms with Gasteiger partial charge in [0.1, 0.15) is 18.4 Å². The number of nitrogens with one attached hydrogen (secondary N) is 1. The summed E-state index contributed by atoms with van der Waals surface area (Å²) in [5, 5.41) is 2.67. The second-order valence-corrected chi connectivity index (χ2v) is 10.2. The monoisotopic (exact) mass is 511 g/mol. The van der Waals surface area contributed by atoms with Crippen LogP contribution in [-0.4, -0.2) is 44.3 Å². The Kier molecular flexibility index (Phi) is 8.82. The molecule has 1 atom stereocenters. The summed E-state index contributed by atoms with van der Waals surface area (Å²) in [5.74, 6) is -1.59. The number of carbonyl (C=O) groups excluding carboxylic acids is 2. The third kappa shape index (κ3) is 6.28. The van der Waals surface area contributed by atoms with Crippen molar-refractivity contribution < 1.29 is 22.4 Å². The van der Waals surface area contributed by atoms with Crippen LogP contribution in [0.25, 0.3) is 0 Å². The molecule has 190 valence electrons. The maximum atomic E-state index is 14.5. The van der Waals surface area contributed by atoms with Crippen molar-refractivity contribution in [3.8, 4) is 0 Å². The second kappa shape index (κ2) is 11.8. The lowest BCUT2D eigenvalue weighted by atomic mass is 10.1. The van der Waals surface area contributed by atoms with Gasteiger partial charge in [-0.3, -0.25) is 13.9 Å². The van der Waals surface area contributed by atoms with Crippen molar-refractivity contribution in [1.82, 2.24) is 10.2 Å². The number of amides is 2. The second-order valence-electron chi connectivity index (χ2n) is 8.34. The van der Waals surface area contributed by atoms with Crippen LogP contribution in [0.15, 0.2) is 83.8 Å². The number of hydrogen-bond acceptors (Lipinski definition) is 4. The highest BCUT2D eigenvalue weighted by molar-refractivity contribution is 7.92. The van der Waals surface area contributed by atoms with Gasteiger partial charge in [-0.15, -0.1) is 0 Å². The Morgan fingerprint density at radius 3 is 2.17 bits per heavy atom. The standard InChI is InChI=1S/C27H30FN3O4S/c1-4-29-27(33)21(3)30(18-22-10-8-9-13-25(22)28)26(32)19-31(23-16-14-20(2)15-17-23)36(34,35)24-11-6-5-7-12-24/h5-17,21H,4,18-19H2,1-3H3,(H,29,33)/t21-/m1/s1. The number of likely N-dealkylation sites (N-methyl/N-ethyl adjacent to an activating group) is 1. The van der Waals surface area contributed by atoms with Crippen LogP contribution >= 0.6 is 0 Å². The lowest BCUT2D eigenvalue weighted by Gasteiger charge is -2.32. The van der Waals surface area contributed by atoms with E-state index in [4.69, 9.17) is 0 Å². The fourth-order valence-corrected chi connectivity index (χ4v) is 5.11. The molecule has 9 heteroatoms. The molecular formula is C27H30FN3O4S. The number of aryl methyl sites for hydroxylation is 1.